The second-order valence-corrected chi connectivity index (χ2v) is 8.87. The van der Waals surface area contributed by atoms with Gasteiger partial charge in [-0.15, -0.1) is 13.2 Å². The van der Waals surface area contributed by atoms with Crippen LogP contribution in [-0.4, -0.2) is 30.1 Å². The van der Waals surface area contributed by atoms with Crippen molar-refractivity contribution in [3.63, 3.8) is 0 Å². The second-order valence-electron chi connectivity index (χ2n) is 6.12. The molecule has 1 aromatic heterocycles. The van der Waals surface area contributed by atoms with E-state index in [9.17, 15) is 21.6 Å². The molecule has 0 radical (unpaired) electrons. The molecule has 0 spiro atoms. The largest absolute Gasteiger partial charge is 0.573 e. The number of hydrogen-bond acceptors (Lipinski definition) is 5. The van der Waals surface area contributed by atoms with Crippen LogP contribution in [0.5, 0.6) is 5.75 Å². The average Bonchev–Trinajstić information content (AvgIpc) is 3.23. The minimum atomic E-state index is -4.85. The molecule has 11 heteroatoms. The predicted molar refractivity (Wildman–Crippen MR) is 102 cm³/mol. The lowest BCUT2D eigenvalue weighted by atomic mass is 10.1. The number of aryl methyl sites for hydroxylation is 1. The van der Waals surface area contributed by atoms with Gasteiger partial charge < -0.3 is 9.30 Å². The van der Waals surface area contributed by atoms with Gasteiger partial charge in [0.1, 0.15) is 5.75 Å². The van der Waals surface area contributed by atoms with E-state index >= 15 is 0 Å². The number of ether oxygens (including phenoxy) is 1. The highest BCUT2D eigenvalue weighted by molar-refractivity contribution is 7.99. The van der Waals surface area contributed by atoms with Gasteiger partial charge in [0.05, 0.1) is 16.3 Å². The molecule has 4 rings (SSSR count). The minimum Gasteiger partial charge on any atom is -0.406 e. The van der Waals surface area contributed by atoms with Crippen LogP contribution >= 0.6 is 11.8 Å². The number of thioether (sulfide) groups is 1. The molecule has 0 aliphatic carbocycles. The van der Waals surface area contributed by atoms with E-state index in [0.717, 1.165) is 41.7 Å². The number of rotatable bonds is 5. The van der Waals surface area contributed by atoms with Gasteiger partial charge in [-0.1, -0.05) is 30.0 Å². The van der Waals surface area contributed by atoms with Crippen molar-refractivity contribution in [3.8, 4) is 17.0 Å². The fourth-order valence-corrected chi connectivity index (χ4v) is 4.88. The molecule has 3 aromatic rings. The summed E-state index contributed by atoms with van der Waals surface area (Å²) in [7, 11) is -4.03. The maximum atomic E-state index is 12.7. The molecule has 1 aliphatic rings. The third kappa shape index (κ3) is 4.35. The molecule has 0 atom stereocenters. The molecule has 1 N–H and O–H groups in total. The average molecular weight is 441 g/mol. The lowest BCUT2D eigenvalue weighted by Crippen LogP contribution is -2.17. The highest BCUT2D eigenvalue weighted by Gasteiger charge is 2.31. The van der Waals surface area contributed by atoms with Crippen LogP contribution in [0.2, 0.25) is 0 Å². The maximum Gasteiger partial charge on any atom is 0.573 e. The number of imidazole rings is 1. The third-order valence-corrected chi connectivity index (χ3v) is 6.47. The first-order valence-electron chi connectivity index (χ1n) is 8.39. The standard InChI is InChI=1S/C18H14F3N3O3S2/c19-18(20,21)27-12-5-7-13(8-6-12)29(25,26)23-15-4-2-1-3-14(15)16-11-24-9-10-28-17(24)22-16/h1-8,11,23H,9-10H2. The van der Waals surface area contributed by atoms with Crippen molar-refractivity contribution in [2.24, 2.45) is 0 Å². The molecule has 0 amide bonds. The fraction of sp³-hybridized carbons (Fsp3) is 0.167. The Bertz CT molecular complexity index is 1120. The van der Waals surface area contributed by atoms with E-state index < -0.39 is 22.1 Å². The van der Waals surface area contributed by atoms with E-state index in [1.165, 1.54) is 0 Å². The van der Waals surface area contributed by atoms with Gasteiger partial charge in [0.2, 0.25) is 0 Å². The van der Waals surface area contributed by atoms with Crippen molar-refractivity contribution in [3.05, 3.63) is 54.7 Å². The molecule has 1 aliphatic heterocycles. The van der Waals surface area contributed by atoms with E-state index in [2.05, 4.69) is 14.4 Å². The molecule has 0 bridgehead atoms. The maximum absolute atomic E-state index is 12.7. The summed E-state index contributed by atoms with van der Waals surface area (Å²) in [5.74, 6) is 0.451. The van der Waals surface area contributed by atoms with E-state index in [1.54, 1.807) is 36.0 Å². The van der Waals surface area contributed by atoms with Gasteiger partial charge in [-0.3, -0.25) is 4.72 Å². The number of fused-ring (bicyclic) bond motifs is 1. The SMILES string of the molecule is O=S(=O)(Nc1ccccc1-c1cn2c(n1)SCC2)c1ccc(OC(F)(F)F)cc1. The molecule has 0 unspecified atom stereocenters. The first kappa shape index (κ1) is 19.6. The molecule has 152 valence electrons. The Kier molecular flexibility index (Phi) is 4.95. The molecular weight excluding hydrogens is 427 g/mol. The third-order valence-electron chi connectivity index (χ3n) is 4.12. The van der Waals surface area contributed by atoms with E-state index in [-0.39, 0.29) is 4.90 Å². The van der Waals surface area contributed by atoms with Crippen molar-refractivity contribution in [2.45, 2.75) is 23.0 Å². The smallest absolute Gasteiger partial charge is 0.406 e. The van der Waals surface area contributed by atoms with E-state index in [0.29, 0.717) is 16.9 Å². The van der Waals surface area contributed by atoms with Crippen LogP contribution in [0.1, 0.15) is 0 Å². The zero-order valence-corrected chi connectivity index (χ0v) is 16.3. The number of para-hydroxylation sites is 1. The second kappa shape index (κ2) is 7.30. The Morgan fingerprint density at radius 1 is 1.10 bits per heavy atom. The van der Waals surface area contributed by atoms with Crippen LogP contribution in [0, 0.1) is 0 Å². The number of sulfonamides is 1. The number of alkyl halides is 3. The zero-order valence-electron chi connectivity index (χ0n) is 14.7. The van der Waals surface area contributed by atoms with Crippen molar-refractivity contribution < 1.29 is 26.3 Å². The summed E-state index contributed by atoms with van der Waals surface area (Å²) in [6.07, 6.45) is -2.98. The van der Waals surface area contributed by atoms with Gasteiger partial charge in [0.15, 0.2) is 5.16 Å². The fourth-order valence-electron chi connectivity index (χ4n) is 2.86. The molecule has 2 heterocycles. The minimum absolute atomic E-state index is 0.190. The Morgan fingerprint density at radius 2 is 1.83 bits per heavy atom. The van der Waals surface area contributed by atoms with E-state index in [4.69, 9.17) is 0 Å². The molecule has 0 fully saturated rings. The summed E-state index contributed by atoms with van der Waals surface area (Å²) in [5.41, 5.74) is 1.57. The monoisotopic (exact) mass is 441 g/mol. The van der Waals surface area contributed by atoms with Crippen LogP contribution in [0.15, 0.2) is 64.8 Å². The summed E-state index contributed by atoms with van der Waals surface area (Å²) in [6, 6.07) is 10.8. The van der Waals surface area contributed by atoms with Gasteiger partial charge in [-0.2, -0.15) is 0 Å². The number of halogens is 3. The molecule has 2 aromatic carbocycles. The summed E-state index contributed by atoms with van der Waals surface area (Å²) in [6.45, 7) is 0.841. The zero-order chi connectivity index (χ0) is 20.6. The molecule has 0 saturated heterocycles. The summed E-state index contributed by atoms with van der Waals surface area (Å²) in [4.78, 5) is 4.35. The number of anilines is 1. The van der Waals surface area contributed by atoms with Crippen LogP contribution in [0.3, 0.4) is 0 Å². The van der Waals surface area contributed by atoms with Gasteiger partial charge in [-0.05, 0) is 30.3 Å². The van der Waals surface area contributed by atoms with Crippen LogP contribution in [0.25, 0.3) is 11.3 Å². The summed E-state index contributed by atoms with van der Waals surface area (Å²) < 4.78 is 70.5. The highest BCUT2D eigenvalue weighted by atomic mass is 32.2. The summed E-state index contributed by atoms with van der Waals surface area (Å²) in [5, 5.41) is 0.873. The number of nitrogens with zero attached hydrogens (tertiary/aromatic N) is 2. The van der Waals surface area contributed by atoms with Crippen molar-refractivity contribution in [1.29, 1.82) is 0 Å². The van der Waals surface area contributed by atoms with Gasteiger partial charge in [-0.25, -0.2) is 13.4 Å². The number of hydrogen-bond donors (Lipinski definition) is 1. The lowest BCUT2D eigenvalue weighted by Gasteiger charge is -2.13. The quantitative estimate of drug-likeness (QED) is 0.637. The number of aromatic nitrogens is 2. The lowest BCUT2D eigenvalue weighted by molar-refractivity contribution is -0.274. The van der Waals surface area contributed by atoms with Crippen molar-refractivity contribution in [2.75, 3.05) is 10.5 Å². The molecular formula is C18H14F3N3O3S2. The number of nitrogens with one attached hydrogen (secondary N) is 1. The Labute approximate surface area is 168 Å². The van der Waals surface area contributed by atoms with Crippen molar-refractivity contribution >= 4 is 27.5 Å². The van der Waals surface area contributed by atoms with Gasteiger partial charge >= 0.3 is 6.36 Å². The molecule has 0 saturated carbocycles. The first-order valence-corrected chi connectivity index (χ1v) is 10.9. The van der Waals surface area contributed by atoms with Crippen LogP contribution in [0.4, 0.5) is 18.9 Å². The van der Waals surface area contributed by atoms with Crippen LogP contribution < -0.4 is 9.46 Å². The highest BCUT2D eigenvalue weighted by Crippen LogP contribution is 2.33. The Morgan fingerprint density at radius 3 is 2.52 bits per heavy atom. The molecule has 29 heavy (non-hydrogen) atoms. The topological polar surface area (TPSA) is 73.2 Å². The van der Waals surface area contributed by atoms with Crippen molar-refractivity contribution in [1.82, 2.24) is 9.55 Å². The van der Waals surface area contributed by atoms with Gasteiger partial charge in [0.25, 0.3) is 10.0 Å². The summed E-state index contributed by atoms with van der Waals surface area (Å²) >= 11 is 1.63. The normalized spacial score (nSPS) is 13.9. The van der Waals surface area contributed by atoms with E-state index in [1.807, 2.05) is 10.8 Å². The first-order chi connectivity index (χ1) is 13.7. The predicted octanol–water partition coefficient (Wildman–Crippen LogP) is 4.36. The Balaban J connectivity index is 1.60. The van der Waals surface area contributed by atoms with Gasteiger partial charge in [0, 0.05) is 24.1 Å². The molecule has 6 nitrogen and oxygen atoms in total. The number of benzene rings is 2. The van der Waals surface area contributed by atoms with Crippen LogP contribution in [-0.2, 0) is 16.6 Å². The Hall–Kier alpha value is -2.66.